The van der Waals surface area contributed by atoms with Crippen LogP contribution < -0.4 is 5.32 Å². The number of hydrogen-bond donors (Lipinski definition) is 1. The van der Waals surface area contributed by atoms with Crippen LogP contribution in [0.3, 0.4) is 0 Å². The largest absolute Gasteiger partial charge is 0.424 e. The first-order valence-corrected chi connectivity index (χ1v) is 8.14. The second-order valence-corrected chi connectivity index (χ2v) is 6.46. The number of ether oxygens (including phenoxy) is 1. The summed E-state index contributed by atoms with van der Waals surface area (Å²) in [6.07, 6.45) is 0.986. The lowest BCUT2D eigenvalue weighted by molar-refractivity contribution is 0.0969. The molecule has 1 saturated heterocycles. The lowest BCUT2D eigenvalue weighted by Crippen LogP contribution is -2.31. The molecule has 1 aliphatic heterocycles. The number of nitrogens with zero attached hydrogens (tertiary/aromatic N) is 4. The zero-order chi connectivity index (χ0) is 16.6. The van der Waals surface area contributed by atoms with Crippen LogP contribution in [0.15, 0.2) is 4.42 Å². The maximum absolute atomic E-state index is 5.98. The summed E-state index contributed by atoms with van der Waals surface area (Å²) in [6, 6.07) is 0.228. The molecule has 2 aromatic rings. The highest BCUT2D eigenvalue weighted by Gasteiger charge is 2.33. The summed E-state index contributed by atoms with van der Waals surface area (Å²) in [5.41, 5.74) is 3.38. The molecule has 23 heavy (non-hydrogen) atoms. The van der Waals surface area contributed by atoms with E-state index in [2.05, 4.69) is 27.5 Å². The zero-order valence-electron chi connectivity index (χ0n) is 14.5. The van der Waals surface area contributed by atoms with E-state index in [0.717, 1.165) is 24.4 Å². The zero-order valence-corrected chi connectivity index (χ0v) is 14.5. The Labute approximate surface area is 136 Å². The predicted molar refractivity (Wildman–Crippen MR) is 85.0 cm³/mol. The van der Waals surface area contributed by atoms with Crippen molar-refractivity contribution in [2.75, 3.05) is 6.61 Å². The number of hydrogen-bond acceptors (Lipinski definition) is 6. The minimum Gasteiger partial charge on any atom is -0.424 e. The number of aromatic nitrogens is 4. The highest BCUT2D eigenvalue weighted by atomic mass is 16.5. The molecule has 0 saturated carbocycles. The molecule has 0 aliphatic carbocycles. The molecule has 126 valence electrons. The van der Waals surface area contributed by atoms with E-state index in [4.69, 9.17) is 9.15 Å². The van der Waals surface area contributed by atoms with Gasteiger partial charge in [0.05, 0.1) is 12.2 Å². The van der Waals surface area contributed by atoms with E-state index in [1.54, 1.807) is 0 Å². The van der Waals surface area contributed by atoms with Gasteiger partial charge in [0, 0.05) is 36.9 Å². The van der Waals surface area contributed by atoms with Crippen LogP contribution in [-0.2, 0) is 18.3 Å². The molecule has 3 rings (SSSR count). The number of rotatable bonds is 5. The van der Waals surface area contributed by atoms with E-state index in [-0.39, 0.29) is 18.1 Å². The predicted octanol–water partition coefficient (Wildman–Crippen LogP) is 2.16. The van der Waals surface area contributed by atoms with E-state index in [1.807, 2.05) is 32.5 Å². The minimum absolute atomic E-state index is 0.0243. The smallest absolute Gasteiger partial charge is 0.230 e. The first-order chi connectivity index (χ1) is 11.0. The maximum atomic E-state index is 5.98. The van der Waals surface area contributed by atoms with Crippen LogP contribution in [0.25, 0.3) is 0 Å². The monoisotopic (exact) mass is 319 g/mol. The second kappa shape index (κ2) is 6.41. The van der Waals surface area contributed by atoms with Gasteiger partial charge in [0.25, 0.3) is 0 Å². The molecule has 3 heterocycles. The second-order valence-electron chi connectivity index (χ2n) is 6.46. The summed E-state index contributed by atoms with van der Waals surface area (Å²) in [6.45, 7) is 9.51. The van der Waals surface area contributed by atoms with Crippen molar-refractivity contribution in [3.05, 3.63) is 28.7 Å². The minimum atomic E-state index is 0.0243. The summed E-state index contributed by atoms with van der Waals surface area (Å²) >= 11 is 0. The third-order valence-electron chi connectivity index (χ3n) is 4.43. The molecule has 1 fully saturated rings. The Kier molecular flexibility index (Phi) is 4.50. The Morgan fingerprint density at radius 2 is 2.09 bits per heavy atom. The Hall–Kier alpha value is -1.73. The van der Waals surface area contributed by atoms with Crippen LogP contribution in [0.5, 0.6) is 0 Å². The Bertz CT molecular complexity index is 676. The van der Waals surface area contributed by atoms with Gasteiger partial charge in [-0.25, -0.2) is 0 Å². The summed E-state index contributed by atoms with van der Waals surface area (Å²) < 4.78 is 13.5. The molecule has 2 atom stereocenters. The molecule has 0 spiro atoms. The average Bonchev–Trinajstić information content (AvgIpc) is 3.18. The fraction of sp³-hybridized carbons (Fsp3) is 0.688. The first kappa shape index (κ1) is 16.1. The fourth-order valence-corrected chi connectivity index (χ4v) is 3.07. The van der Waals surface area contributed by atoms with E-state index in [1.165, 1.54) is 5.56 Å². The van der Waals surface area contributed by atoms with Crippen molar-refractivity contribution in [3.8, 4) is 0 Å². The standard InChI is InChI=1S/C16H25N5O2/c1-9(2)16-19-18-13(23-16)8-17-12-6-7-22-15(12)14-10(3)20-21(5)11(14)4/h9,12,15,17H,6-8H2,1-5H3/t12-,15-/m0/s1. The van der Waals surface area contributed by atoms with Gasteiger partial charge >= 0.3 is 0 Å². The molecule has 7 nitrogen and oxygen atoms in total. The van der Waals surface area contributed by atoms with Crippen LogP contribution in [0.2, 0.25) is 0 Å². The number of aryl methyl sites for hydroxylation is 2. The van der Waals surface area contributed by atoms with Gasteiger partial charge in [-0.15, -0.1) is 10.2 Å². The summed E-state index contributed by atoms with van der Waals surface area (Å²) in [4.78, 5) is 0. The Balaban J connectivity index is 1.69. The SMILES string of the molecule is Cc1nn(C)c(C)c1[C@H]1OCC[C@@H]1NCc1nnc(C(C)C)o1. The van der Waals surface area contributed by atoms with Gasteiger partial charge in [0.15, 0.2) is 0 Å². The van der Waals surface area contributed by atoms with E-state index in [9.17, 15) is 0 Å². The van der Waals surface area contributed by atoms with Gasteiger partial charge in [-0.3, -0.25) is 4.68 Å². The lowest BCUT2D eigenvalue weighted by atomic mass is 10.0. The van der Waals surface area contributed by atoms with E-state index in [0.29, 0.717) is 18.3 Å². The lowest BCUT2D eigenvalue weighted by Gasteiger charge is -2.20. The average molecular weight is 319 g/mol. The molecule has 0 unspecified atom stereocenters. The van der Waals surface area contributed by atoms with Gasteiger partial charge in [0.2, 0.25) is 11.8 Å². The highest BCUT2D eigenvalue weighted by molar-refractivity contribution is 5.29. The van der Waals surface area contributed by atoms with Crippen molar-refractivity contribution < 1.29 is 9.15 Å². The van der Waals surface area contributed by atoms with Crippen molar-refractivity contribution in [1.29, 1.82) is 0 Å². The number of nitrogens with one attached hydrogen (secondary N) is 1. The molecule has 0 aromatic carbocycles. The Morgan fingerprint density at radius 3 is 2.70 bits per heavy atom. The topological polar surface area (TPSA) is 78.0 Å². The van der Waals surface area contributed by atoms with Gasteiger partial charge < -0.3 is 14.5 Å². The van der Waals surface area contributed by atoms with Crippen LogP contribution in [0.4, 0.5) is 0 Å². The molecule has 2 aromatic heterocycles. The van der Waals surface area contributed by atoms with Crippen molar-refractivity contribution in [3.63, 3.8) is 0 Å². The summed E-state index contributed by atoms with van der Waals surface area (Å²) in [7, 11) is 1.97. The summed E-state index contributed by atoms with van der Waals surface area (Å²) in [5, 5.41) is 16.2. The molecule has 1 aliphatic rings. The normalized spacial score (nSPS) is 21.5. The molecular formula is C16H25N5O2. The summed E-state index contributed by atoms with van der Waals surface area (Å²) in [5.74, 6) is 1.55. The highest BCUT2D eigenvalue weighted by Crippen LogP contribution is 2.33. The van der Waals surface area contributed by atoms with Crippen molar-refractivity contribution in [1.82, 2.24) is 25.3 Å². The quantitative estimate of drug-likeness (QED) is 0.910. The van der Waals surface area contributed by atoms with Gasteiger partial charge in [0.1, 0.15) is 6.10 Å². The molecule has 1 N–H and O–H groups in total. The van der Waals surface area contributed by atoms with Crippen molar-refractivity contribution in [2.45, 2.75) is 58.7 Å². The van der Waals surface area contributed by atoms with Crippen LogP contribution >= 0.6 is 0 Å². The van der Waals surface area contributed by atoms with Gasteiger partial charge in [-0.1, -0.05) is 13.8 Å². The van der Waals surface area contributed by atoms with Crippen molar-refractivity contribution >= 4 is 0 Å². The molecule has 0 radical (unpaired) electrons. The molecule has 7 heteroatoms. The third-order valence-corrected chi connectivity index (χ3v) is 4.43. The maximum Gasteiger partial charge on any atom is 0.230 e. The molecular weight excluding hydrogens is 294 g/mol. The van der Waals surface area contributed by atoms with E-state index >= 15 is 0 Å². The Morgan fingerprint density at radius 1 is 1.30 bits per heavy atom. The van der Waals surface area contributed by atoms with Crippen LogP contribution in [-0.4, -0.2) is 32.6 Å². The van der Waals surface area contributed by atoms with Crippen molar-refractivity contribution in [2.24, 2.45) is 7.05 Å². The molecule has 0 amide bonds. The van der Waals surface area contributed by atoms with Crippen LogP contribution in [0.1, 0.15) is 61.0 Å². The van der Waals surface area contributed by atoms with E-state index < -0.39 is 0 Å². The van der Waals surface area contributed by atoms with Crippen LogP contribution in [0, 0.1) is 13.8 Å². The first-order valence-electron chi connectivity index (χ1n) is 8.14. The van der Waals surface area contributed by atoms with Gasteiger partial charge in [-0.05, 0) is 20.3 Å². The molecule has 0 bridgehead atoms. The fourth-order valence-electron chi connectivity index (χ4n) is 3.07. The van der Waals surface area contributed by atoms with Gasteiger partial charge in [-0.2, -0.15) is 5.10 Å². The third kappa shape index (κ3) is 3.16.